The highest BCUT2D eigenvalue weighted by atomic mass is 127. The van der Waals surface area contributed by atoms with Gasteiger partial charge in [-0.3, -0.25) is 4.99 Å². The Morgan fingerprint density at radius 3 is 2.52 bits per heavy atom. The second-order valence-corrected chi connectivity index (χ2v) is 7.83. The van der Waals surface area contributed by atoms with Gasteiger partial charge in [0.25, 0.3) is 0 Å². The van der Waals surface area contributed by atoms with E-state index in [0.717, 1.165) is 38.4 Å². The maximum atomic E-state index is 11.0. The van der Waals surface area contributed by atoms with E-state index in [1.807, 2.05) is 0 Å². The van der Waals surface area contributed by atoms with Crippen molar-refractivity contribution in [3.8, 4) is 0 Å². The molecule has 132 valence electrons. The van der Waals surface area contributed by atoms with Crippen LogP contribution in [0.4, 0.5) is 5.00 Å². The van der Waals surface area contributed by atoms with Crippen LogP contribution in [0.2, 0.25) is 0 Å². The predicted molar refractivity (Wildman–Crippen MR) is 108 cm³/mol. The maximum absolute atomic E-state index is 11.0. The summed E-state index contributed by atoms with van der Waals surface area (Å²) in [5.74, 6) is 0.820. The number of sulfonamides is 1. The average Bonchev–Trinajstić information content (AvgIpc) is 3.01. The van der Waals surface area contributed by atoms with Crippen molar-refractivity contribution in [3.63, 3.8) is 0 Å². The normalized spacial score (nSPS) is 16.2. The zero-order valence-electron chi connectivity index (χ0n) is 13.4. The Kier molecular flexibility index (Phi) is 8.58. The monoisotopic (exact) mass is 473 g/mol. The largest absolute Gasteiger partial charge is 0.360 e. The van der Waals surface area contributed by atoms with E-state index >= 15 is 0 Å². The van der Waals surface area contributed by atoms with Gasteiger partial charge in [-0.15, -0.1) is 35.3 Å². The Morgan fingerprint density at radius 2 is 2.00 bits per heavy atom. The Hall–Kier alpha value is -0.590. The van der Waals surface area contributed by atoms with Gasteiger partial charge in [-0.25, -0.2) is 13.1 Å². The van der Waals surface area contributed by atoms with E-state index in [4.69, 9.17) is 0 Å². The third kappa shape index (κ3) is 6.81. The van der Waals surface area contributed by atoms with Crippen LogP contribution in [0.25, 0.3) is 0 Å². The number of anilines is 1. The third-order valence-electron chi connectivity index (χ3n) is 3.38. The molecule has 0 amide bonds. The molecule has 1 aliphatic rings. The molecule has 1 fully saturated rings. The van der Waals surface area contributed by atoms with Gasteiger partial charge >= 0.3 is 0 Å². The van der Waals surface area contributed by atoms with Crippen LogP contribution in [0.3, 0.4) is 0 Å². The van der Waals surface area contributed by atoms with E-state index in [1.165, 1.54) is 5.00 Å². The first kappa shape index (κ1) is 20.5. The smallest absolute Gasteiger partial charge is 0.208 e. The molecule has 1 aromatic heterocycles. The second kappa shape index (κ2) is 9.64. The van der Waals surface area contributed by atoms with Crippen LogP contribution >= 0.6 is 35.3 Å². The van der Waals surface area contributed by atoms with Gasteiger partial charge in [-0.05, 0) is 17.5 Å². The van der Waals surface area contributed by atoms with Crippen LogP contribution in [0.5, 0.6) is 0 Å². The number of nitrogens with zero attached hydrogens (tertiary/aromatic N) is 3. The predicted octanol–water partition coefficient (Wildman–Crippen LogP) is 0.613. The summed E-state index contributed by atoms with van der Waals surface area (Å²) in [6, 6.07) is 4.21. The van der Waals surface area contributed by atoms with Crippen molar-refractivity contribution >= 4 is 56.3 Å². The average molecular weight is 473 g/mol. The van der Waals surface area contributed by atoms with Crippen molar-refractivity contribution in [1.82, 2.24) is 14.9 Å². The van der Waals surface area contributed by atoms with Gasteiger partial charge in [0.05, 0.1) is 11.3 Å². The third-order valence-corrected chi connectivity index (χ3v) is 5.04. The molecule has 1 aromatic rings. The van der Waals surface area contributed by atoms with Crippen LogP contribution in [0.1, 0.15) is 0 Å². The number of guanidine groups is 1. The Morgan fingerprint density at radius 1 is 1.30 bits per heavy atom. The Bertz CT molecular complexity index is 584. The minimum Gasteiger partial charge on any atom is -0.360 e. The molecule has 2 N–H and O–H groups in total. The van der Waals surface area contributed by atoms with Crippen LogP contribution in [0.15, 0.2) is 22.5 Å². The first-order valence-electron chi connectivity index (χ1n) is 7.18. The van der Waals surface area contributed by atoms with Gasteiger partial charge in [-0.1, -0.05) is 0 Å². The lowest BCUT2D eigenvalue weighted by Crippen LogP contribution is -2.53. The molecule has 1 aliphatic heterocycles. The van der Waals surface area contributed by atoms with Gasteiger partial charge in [0.15, 0.2) is 5.96 Å². The first-order chi connectivity index (χ1) is 10.5. The standard InChI is InChI=1S/C13H23N5O2S2.HI/c1-14-13(15-5-6-16-22(2,19)20)18-9-7-17(8-10-18)12-4-3-11-21-12;/h3-4,11,16H,5-10H2,1-2H3,(H,14,15);1H. The van der Waals surface area contributed by atoms with E-state index in [1.54, 1.807) is 18.4 Å². The van der Waals surface area contributed by atoms with Crippen LogP contribution < -0.4 is 14.9 Å². The summed E-state index contributed by atoms with van der Waals surface area (Å²) >= 11 is 1.76. The summed E-state index contributed by atoms with van der Waals surface area (Å²) in [6.07, 6.45) is 1.16. The molecule has 23 heavy (non-hydrogen) atoms. The number of rotatable bonds is 5. The molecule has 0 radical (unpaired) electrons. The molecule has 0 spiro atoms. The van der Waals surface area contributed by atoms with Gasteiger partial charge in [0, 0.05) is 46.3 Å². The highest BCUT2D eigenvalue weighted by Gasteiger charge is 2.20. The Balaban J connectivity index is 0.00000264. The minimum atomic E-state index is -3.14. The minimum absolute atomic E-state index is 0. The fourth-order valence-corrected chi connectivity index (χ4v) is 3.59. The molecule has 0 aromatic carbocycles. The molecule has 7 nitrogen and oxygen atoms in total. The van der Waals surface area contributed by atoms with Crippen molar-refractivity contribution in [2.45, 2.75) is 0 Å². The van der Waals surface area contributed by atoms with Crippen molar-refractivity contribution < 1.29 is 8.42 Å². The number of thiophene rings is 1. The van der Waals surface area contributed by atoms with Gasteiger partial charge < -0.3 is 15.1 Å². The number of hydrogen-bond donors (Lipinski definition) is 2. The zero-order valence-corrected chi connectivity index (χ0v) is 17.3. The van der Waals surface area contributed by atoms with Crippen molar-refractivity contribution in [2.24, 2.45) is 4.99 Å². The van der Waals surface area contributed by atoms with Gasteiger partial charge in [0.2, 0.25) is 10.0 Å². The van der Waals surface area contributed by atoms with Crippen LogP contribution in [-0.2, 0) is 10.0 Å². The van der Waals surface area contributed by atoms with Crippen molar-refractivity contribution in [2.75, 3.05) is 57.5 Å². The summed E-state index contributed by atoms with van der Waals surface area (Å²) in [4.78, 5) is 8.85. The lowest BCUT2D eigenvalue weighted by Gasteiger charge is -2.37. The first-order valence-corrected chi connectivity index (χ1v) is 9.95. The van der Waals surface area contributed by atoms with Gasteiger partial charge in [-0.2, -0.15) is 0 Å². The summed E-state index contributed by atoms with van der Waals surface area (Å²) in [6.45, 7) is 4.59. The summed E-state index contributed by atoms with van der Waals surface area (Å²) in [5, 5.41) is 6.59. The molecule has 0 atom stereocenters. The van der Waals surface area contributed by atoms with E-state index in [-0.39, 0.29) is 24.0 Å². The Labute approximate surface area is 159 Å². The molecule has 10 heteroatoms. The van der Waals surface area contributed by atoms with Crippen LogP contribution in [0, 0.1) is 0 Å². The highest BCUT2D eigenvalue weighted by Crippen LogP contribution is 2.22. The molecule has 0 unspecified atom stereocenters. The van der Waals surface area contributed by atoms with E-state index < -0.39 is 10.0 Å². The maximum Gasteiger partial charge on any atom is 0.208 e. The topological polar surface area (TPSA) is 77.0 Å². The molecule has 0 saturated carbocycles. The number of hydrogen-bond acceptors (Lipinski definition) is 5. The molecule has 1 saturated heterocycles. The summed E-state index contributed by atoms with van der Waals surface area (Å²) in [5.41, 5.74) is 0. The van der Waals surface area contributed by atoms with E-state index in [0.29, 0.717) is 13.1 Å². The number of piperazine rings is 1. The van der Waals surface area contributed by atoms with Gasteiger partial charge in [0.1, 0.15) is 0 Å². The summed E-state index contributed by atoms with van der Waals surface area (Å²) < 4.78 is 24.5. The van der Waals surface area contributed by atoms with E-state index in [9.17, 15) is 8.42 Å². The molecule has 2 heterocycles. The second-order valence-electron chi connectivity index (χ2n) is 5.07. The quantitative estimate of drug-likeness (QED) is 0.284. The molecule has 0 aliphatic carbocycles. The fourth-order valence-electron chi connectivity index (χ4n) is 2.33. The summed E-state index contributed by atoms with van der Waals surface area (Å²) in [7, 11) is -1.39. The lowest BCUT2D eigenvalue weighted by molar-refractivity contribution is 0.374. The molecule has 0 bridgehead atoms. The molecular weight excluding hydrogens is 449 g/mol. The zero-order chi connectivity index (χ0) is 16.0. The number of aliphatic imine (C=N–C) groups is 1. The van der Waals surface area contributed by atoms with Crippen molar-refractivity contribution in [1.29, 1.82) is 0 Å². The SMILES string of the molecule is CN=C(NCCNS(C)(=O)=O)N1CCN(c2cccs2)CC1.I. The van der Waals surface area contributed by atoms with Crippen molar-refractivity contribution in [3.05, 3.63) is 17.5 Å². The molecular formula is C13H24IN5O2S2. The molecule has 2 rings (SSSR count). The van der Waals surface area contributed by atoms with Crippen LogP contribution in [-0.4, -0.2) is 71.8 Å². The fraction of sp³-hybridized carbons (Fsp3) is 0.615. The lowest BCUT2D eigenvalue weighted by atomic mass is 10.3. The highest BCUT2D eigenvalue weighted by molar-refractivity contribution is 14.0. The van der Waals surface area contributed by atoms with E-state index in [2.05, 4.69) is 42.3 Å². The number of halogens is 1. The number of nitrogens with one attached hydrogen (secondary N) is 2.